The molecule has 2 amide bonds. The number of amides is 2. The summed E-state index contributed by atoms with van der Waals surface area (Å²) in [4.78, 5) is 25.9. The first kappa shape index (κ1) is 11.6. The quantitative estimate of drug-likeness (QED) is 0.639. The minimum atomic E-state index is -0.682. The SMILES string of the molecule is NC(=O)c1cnn(-c2nc(C(N)=O)ccc2N)c1. The molecule has 2 heterocycles. The number of pyridine rings is 1. The fourth-order valence-corrected chi connectivity index (χ4v) is 1.35. The molecular formula is C10H10N6O2. The minimum Gasteiger partial charge on any atom is -0.396 e. The third-order valence-corrected chi connectivity index (χ3v) is 2.24. The van der Waals surface area contributed by atoms with Gasteiger partial charge in [-0.25, -0.2) is 9.67 Å². The van der Waals surface area contributed by atoms with Gasteiger partial charge in [-0.15, -0.1) is 0 Å². The molecule has 6 N–H and O–H groups in total. The Hall–Kier alpha value is -2.90. The fourth-order valence-electron chi connectivity index (χ4n) is 1.35. The molecule has 92 valence electrons. The Morgan fingerprint density at radius 3 is 2.44 bits per heavy atom. The third-order valence-electron chi connectivity index (χ3n) is 2.24. The molecule has 0 spiro atoms. The summed E-state index contributed by atoms with van der Waals surface area (Å²) in [5.41, 5.74) is 16.5. The van der Waals surface area contributed by atoms with Crippen LogP contribution in [0.2, 0.25) is 0 Å². The molecule has 0 fully saturated rings. The molecular weight excluding hydrogens is 236 g/mol. The zero-order chi connectivity index (χ0) is 13.3. The molecule has 0 radical (unpaired) electrons. The van der Waals surface area contributed by atoms with Crippen molar-refractivity contribution in [3.8, 4) is 5.82 Å². The maximum Gasteiger partial charge on any atom is 0.267 e. The molecule has 8 nitrogen and oxygen atoms in total. The summed E-state index contributed by atoms with van der Waals surface area (Å²) in [6.07, 6.45) is 2.65. The largest absolute Gasteiger partial charge is 0.396 e. The number of rotatable bonds is 3. The van der Waals surface area contributed by atoms with Crippen molar-refractivity contribution in [2.24, 2.45) is 11.5 Å². The average Bonchev–Trinajstić information content (AvgIpc) is 2.78. The highest BCUT2D eigenvalue weighted by Gasteiger charge is 2.11. The Balaban J connectivity index is 2.51. The number of hydrogen-bond acceptors (Lipinski definition) is 5. The van der Waals surface area contributed by atoms with Gasteiger partial charge in [-0.05, 0) is 12.1 Å². The second-order valence-electron chi connectivity index (χ2n) is 3.51. The Morgan fingerprint density at radius 1 is 1.17 bits per heavy atom. The predicted octanol–water partition coefficient (Wildman–Crippen LogP) is -0.953. The van der Waals surface area contributed by atoms with E-state index < -0.39 is 11.8 Å². The molecule has 2 aromatic heterocycles. The summed E-state index contributed by atoms with van der Waals surface area (Å²) < 4.78 is 1.25. The Kier molecular flexibility index (Phi) is 2.68. The molecule has 2 rings (SSSR count). The van der Waals surface area contributed by atoms with Crippen LogP contribution in [0.1, 0.15) is 20.8 Å². The highest BCUT2D eigenvalue weighted by Crippen LogP contribution is 2.14. The number of carbonyl (C=O) groups is 2. The van der Waals surface area contributed by atoms with Gasteiger partial charge >= 0.3 is 0 Å². The Morgan fingerprint density at radius 2 is 1.89 bits per heavy atom. The lowest BCUT2D eigenvalue weighted by atomic mass is 10.3. The topological polar surface area (TPSA) is 143 Å². The van der Waals surface area contributed by atoms with Crippen molar-refractivity contribution in [3.05, 3.63) is 35.8 Å². The summed E-state index contributed by atoms with van der Waals surface area (Å²) in [7, 11) is 0. The van der Waals surface area contributed by atoms with Crippen LogP contribution in [0, 0.1) is 0 Å². The Bertz CT molecular complexity index is 633. The zero-order valence-corrected chi connectivity index (χ0v) is 9.20. The van der Waals surface area contributed by atoms with Crippen LogP contribution in [-0.2, 0) is 0 Å². The molecule has 0 unspecified atom stereocenters. The third kappa shape index (κ3) is 1.98. The summed E-state index contributed by atoms with van der Waals surface area (Å²) in [6, 6.07) is 2.88. The highest BCUT2D eigenvalue weighted by molar-refractivity contribution is 5.92. The molecule has 0 atom stereocenters. The van der Waals surface area contributed by atoms with E-state index in [0.29, 0.717) is 5.69 Å². The van der Waals surface area contributed by atoms with E-state index in [0.717, 1.165) is 0 Å². The van der Waals surface area contributed by atoms with Crippen LogP contribution in [0.3, 0.4) is 0 Å². The number of nitrogen functional groups attached to an aromatic ring is 1. The molecule has 2 aromatic rings. The van der Waals surface area contributed by atoms with Gasteiger partial charge in [-0.1, -0.05) is 0 Å². The lowest BCUT2D eigenvalue weighted by Crippen LogP contribution is -2.15. The molecule has 0 aliphatic carbocycles. The molecule has 0 bridgehead atoms. The molecule has 0 aromatic carbocycles. The number of aromatic nitrogens is 3. The molecule has 0 saturated heterocycles. The van der Waals surface area contributed by atoms with Crippen molar-refractivity contribution >= 4 is 17.5 Å². The summed E-state index contributed by atoms with van der Waals surface area (Å²) >= 11 is 0. The second-order valence-corrected chi connectivity index (χ2v) is 3.51. The van der Waals surface area contributed by atoms with E-state index in [9.17, 15) is 9.59 Å². The number of anilines is 1. The second kappa shape index (κ2) is 4.17. The smallest absolute Gasteiger partial charge is 0.267 e. The van der Waals surface area contributed by atoms with Gasteiger partial charge < -0.3 is 17.2 Å². The van der Waals surface area contributed by atoms with Gasteiger partial charge in [0.15, 0.2) is 5.82 Å². The van der Waals surface area contributed by atoms with E-state index in [-0.39, 0.29) is 17.1 Å². The molecule has 0 saturated carbocycles. The van der Waals surface area contributed by atoms with E-state index in [2.05, 4.69) is 10.1 Å². The lowest BCUT2D eigenvalue weighted by Gasteiger charge is -2.05. The standard InChI is InChI=1S/C10H10N6O2/c11-6-1-2-7(9(13)18)15-10(6)16-4-5(3-14-16)8(12)17/h1-4H,11H2,(H2,12,17)(H2,13,18). The van der Waals surface area contributed by atoms with Crippen LogP contribution in [0.25, 0.3) is 5.82 Å². The normalized spacial score (nSPS) is 10.2. The van der Waals surface area contributed by atoms with E-state index in [4.69, 9.17) is 17.2 Å². The van der Waals surface area contributed by atoms with Gasteiger partial charge in [0.05, 0.1) is 17.4 Å². The van der Waals surface area contributed by atoms with Gasteiger partial charge in [0.25, 0.3) is 11.8 Å². The van der Waals surface area contributed by atoms with Crippen LogP contribution in [0.15, 0.2) is 24.5 Å². The van der Waals surface area contributed by atoms with Crippen molar-refractivity contribution in [2.75, 3.05) is 5.73 Å². The van der Waals surface area contributed by atoms with Crippen molar-refractivity contribution in [3.63, 3.8) is 0 Å². The van der Waals surface area contributed by atoms with Gasteiger partial charge in [0, 0.05) is 6.20 Å². The molecule has 0 aliphatic heterocycles. The molecule has 8 heteroatoms. The first-order chi connectivity index (χ1) is 8.49. The van der Waals surface area contributed by atoms with Crippen LogP contribution in [-0.4, -0.2) is 26.6 Å². The van der Waals surface area contributed by atoms with Gasteiger partial charge in [0.2, 0.25) is 0 Å². The Labute approximate surface area is 101 Å². The fraction of sp³-hybridized carbons (Fsp3) is 0. The van der Waals surface area contributed by atoms with Crippen molar-refractivity contribution in [1.82, 2.24) is 14.8 Å². The van der Waals surface area contributed by atoms with Gasteiger partial charge in [-0.3, -0.25) is 9.59 Å². The van der Waals surface area contributed by atoms with E-state index in [1.807, 2.05) is 0 Å². The van der Waals surface area contributed by atoms with Crippen molar-refractivity contribution < 1.29 is 9.59 Å². The maximum absolute atomic E-state index is 11.0. The van der Waals surface area contributed by atoms with Gasteiger partial charge in [0.1, 0.15) is 5.69 Å². The average molecular weight is 246 g/mol. The monoisotopic (exact) mass is 246 g/mol. The highest BCUT2D eigenvalue weighted by atomic mass is 16.1. The first-order valence-electron chi connectivity index (χ1n) is 4.90. The van der Waals surface area contributed by atoms with Crippen LogP contribution >= 0.6 is 0 Å². The van der Waals surface area contributed by atoms with E-state index in [1.54, 1.807) is 0 Å². The lowest BCUT2D eigenvalue weighted by molar-refractivity contribution is 0.0989. The first-order valence-corrected chi connectivity index (χ1v) is 4.90. The van der Waals surface area contributed by atoms with Crippen molar-refractivity contribution in [2.45, 2.75) is 0 Å². The molecule has 0 aliphatic rings. The van der Waals surface area contributed by atoms with Crippen LogP contribution in [0.5, 0.6) is 0 Å². The number of hydrogen-bond donors (Lipinski definition) is 3. The summed E-state index contributed by atoms with van der Waals surface area (Å²) in [6.45, 7) is 0. The van der Waals surface area contributed by atoms with Gasteiger partial charge in [-0.2, -0.15) is 5.10 Å². The maximum atomic E-state index is 11.0. The predicted molar refractivity (Wildman–Crippen MR) is 62.8 cm³/mol. The van der Waals surface area contributed by atoms with E-state index in [1.165, 1.54) is 29.2 Å². The van der Waals surface area contributed by atoms with Crippen LogP contribution < -0.4 is 17.2 Å². The zero-order valence-electron chi connectivity index (χ0n) is 9.20. The minimum absolute atomic E-state index is 0.0512. The van der Waals surface area contributed by atoms with Crippen LogP contribution in [0.4, 0.5) is 5.69 Å². The summed E-state index contributed by atoms with van der Waals surface area (Å²) in [5.74, 6) is -1.09. The number of nitrogens with two attached hydrogens (primary N) is 3. The van der Waals surface area contributed by atoms with E-state index >= 15 is 0 Å². The summed E-state index contributed by atoms with van der Waals surface area (Å²) in [5, 5.41) is 3.89. The number of carbonyl (C=O) groups excluding carboxylic acids is 2. The number of primary amides is 2. The number of nitrogens with zero attached hydrogens (tertiary/aromatic N) is 3. The molecule has 18 heavy (non-hydrogen) atoms. The van der Waals surface area contributed by atoms with Crippen molar-refractivity contribution in [1.29, 1.82) is 0 Å².